The molecule has 0 aliphatic heterocycles. The van der Waals surface area contributed by atoms with E-state index in [1.807, 2.05) is 13.0 Å². The summed E-state index contributed by atoms with van der Waals surface area (Å²) < 4.78 is 0. The molecule has 0 aromatic heterocycles. The monoisotopic (exact) mass is 193 g/mol. The number of nitrogens with zero attached hydrogens (tertiary/aromatic N) is 1. The lowest BCUT2D eigenvalue weighted by atomic mass is 10.2. The van der Waals surface area contributed by atoms with Gasteiger partial charge < -0.3 is 10.2 Å². The predicted molar refractivity (Wildman–Crippen MR) is 56.9 cm³/mol. The molecule has 0 bridgehead atoms. The Morgan fingerprint density at radius 1 is 1.50 bits per heavy atom. The number of phenols is 1. The third-order valence-electron chi connectivity index (χ3n) is 1.99. The highest BCUT2D eigenvalue weighted by atomic mass is 16.3. The summed E-state index contributed by atoms with van der Waals surface area (Å²) in [5.41, 5.74) is 0.844. The summed E-state index contributed by atoms with van der Waals surface area (Å²) in [6.45, 7) is 2.03. The van der Waals surface area contributed by atoms with Crippen LogP contribution in [0.4, 0.5) is 0 Å². The first-order chi connectivity index (χ1) is 6.76. The lowest BCUT2D eigenvalue weighted by Crippen LogP contribution is -2.08. The number of rotatable bonds is 4. The van der Waals surface area contributed by atoms with E-state index in [0.717, 1.165) is 12.0 Å². The summed E-state index contributed by atoms with van der Waals surface area (Å²) in [5, 5.41) is 18.1. The van der Waals surface area contributed by atoms with Crippen LogP contribution in [0, 0.1) is 0 Å². The van der Waals surface area contributed by atoms with Gasteiger partial charge in [0.05, 0.1) is 12.6 Å². The van der Waals surface area contributed by atoms with Crippen LogP contribution in [0.2, 0.25) is 0 Å². The Kier molecular flexibility index (Phi) is 4.13. The van der Waals surface area contributed by atoms with Crippen LogP contribution in [0.3, 0.4) is 0 Å². The standard InChI is InChI=1S/C11H15NO2/c1-2-10(8-13)12-7-9-4-3-5-11(14)6-9/h3-7,10,13-14H,2,8H2,1H3. The highest BCUT2D eigenvalue weighted by Crippen LogP contribution is 2.09. The second-order valence-corrected chi connectivity index (χ2v) is 3.12. The number of aromatic hydroxyl groups is 1. The number of phenolic OH excluding ortho intramolecular Hbond substituents is 1. The number of hydrogen-bond donors (Lipinski definition) is 2. The van der Waals surface area contributed by atoms with Crippen molar-refractivity contribution in [3.63, 3.8) is 0 Å². The maximum absolute atomic E-state index is 9.18. The molecule has 1 aromatic carbocycles. The van der Waals surface area contributed by atoms with E-state index in [4.69, 9.17) is 5.11 Å². The van der Waals surface area contributed by atoms with Crippen molar-refractivity contribution >= 4 is 6.21 Å². The second-order valence-electron chi connectivity index (χ2n) is 3.12. The zero-order chi connectivity index (χ0) is 10.4. The van der Waals surface area contributed by atoms with E-state index < -0.39 is 0 Å². The van der Waals surface area contributed by atoms with Gasteiger partial charge in [-0.25, -0.2) is 0 Å². The molecule has 0 saturated heterocycles. The Morgan fingerprint density at radius 2 is 2.29 bits per heavy atom. The molecule has 0 fully saturated rings. The fourth-order valence-corrected chi connectivity index (χ4v) is 1.08. The normalized spacial score (nSPS) is 13.3. The molecule has 1 aromatic rings. The molecule has 0 spiro atoms. The van der Waals surface area contributed by atoms with Crippen LogP contribution in [0.25, 0.3) is 0 Å². The summed E-state index contributed by atoms with van der Waals surface area (Å²) in [4.78, 5) is 4.19. The summed E-state index contributed by atoms with van der Waals surface area (Å²) >= 11 is 0. The minimum Gasteiger partial charge on any atom is -0.508 e. The van der Waals surface area contributed by atoms with Crippen molar-refractivity contribution in [3.8, 4) is 5.75 Å². The highest BCUT2D eigenvalue weighted by Gasteiger charge is 1.99. The molecule has 2 N–H and O–H groups in total. The largest absolute Gasteiger partial charge is 0.508 e. The van der Waals surface area contributed by atoms with E-state index in [9.17, 15) is 5.11 Å². The Labute approximate surface area is 83.7 Å². The third-order valence-corrected chi connectivity index (χ3v) is 1.99. The van der Waals surface area contributed by atoms with Gasteiger partial charge in [-0.15, -0.1) is 0 Å². The average Bonchev–Trinajstić information content (AvgIpc) is 2.19. The van der Waals surface area contributed by atoms with E-state index in [1.54, 1.807) is 24.4 Å². The number of aliphatic imine (C=N–C) groups is 1. The minimum atomic E-state index is -0.0441. The van der Waals surface area contributed by atoms with Crippen LogP contribution in [-0.4, -0.2) is 29.1 Å². The molecule has 0 aliphatic carbocycles. The lowest BCUT2D eigenvalue weighted by molar-refractivity contribution is 0.264. The molecule has 1 atom stereocenters. The van der Waals surface area contributed by atoms with Crippen molar-refractivity contribution in [1.82, 2.24) is 0 Å². The Hall–Kier alpha value is -1.35. The lowest BCUT2D eigenvalue weighted by Gasteiger charge is -2.03. The quantitative estimate of drug-likeness (QED) is 0.713. The SMILES string of the molecule is CCC(CO)N=Cc1cccc(O)c1. The zero-order valence-corrected chi connectivity index (χ0v) is 8.22. The van der Waals surface area contributed by atoms with Crippen molar-refractivity contribution in [1.29, 1.82) is 0 Å². The van der Waals surface area contributed by atoms with E-state index in [-0.39, 0.29) is 18.4 Å². The topological polar surface area (TPSA) is 52.8 Å². The first-order valence-electron chi connectivity index (χ1n) is 4.69. The molecule has 0 aliphatic rings. The first kappa shape index (κ1) is 10.7. The number of aliphatic hydroxyl groups excluding tert-OH is 1. The fourth-order valence-electron chi connectivity index (χ4n) is 1.08. The molecule has 1 unspecified atom stereocenters. The molecule has 0 radical (unpaired) electrons. The van der Waals surface area contributed by atoms with Crippen molar-refractivity contribution in [2.45, 2.75) is 19.4 Å². The van der Waals surface area contributed by atoms with Crippen molar-refractivity contribution < 1.29 is 10.2 Å². The molecule has 3 nitrogen and oxygen atoms in total. The number of aliphatic hydroxyl groups is 1. The minimum absolute atomic E-state index is 0.0441. The van der Waals surface area contributed by atoms with Gasteiger partial charge in [0.15, 0.2) is 0 Å². The molecule has 14 heavy (non-hydrogen) atoms. The first-order valence-corrected chi connectivity index (χ1v) is 4.69. The Morgan fingerprint density at radius 3 is 2.86 bits per heavy atom. The summed E-state index contributed by atoms with van der Waals surface area (Å²) in [6, 6.07) is 6.82. The molecule has 0 amide bonds. The maximum Gasteiger partial charge on any atom is 0.116 e. The molecule has 0 saturated carbocycles. The summed E-state index contributed by atoms with van der Waals surface area (Å²) in [6.07, 6.45) is 2.48. The smallest absolute Gasteiger partial charge is 0.116 e. The predicted octanol–water partition coefficient (Wildman–Crippen LogP) is 1.58. The number of benzene rings is 1. The molecule has 1 rings (SSSR count). The molecular weight excluding hydrogens is 178 g/mol. The summed E-state index contributed by atoms with van der Waals surface area (Å²) in [5.74, 6) is 0.228. The van der Waals surface area contributed by atoms with E-state index in [0.29, 0.717) is 0 Å². The van der Waals surface area contributed by atoms with Gasteiger partial charge >= 0.3 is 0 Å². The van der Waals surface area contributed by atoms with E-state index in [1.165, 1.54) is 0 Å². The van der Waals surface area contributed by atoms with Crippen LogP contribution >= 0.6 is 0 Å². The van der Waals surface area contributed by atoms with Gasteiger partial charge in [-0.2, -0.15) is 0 Å². The third kappa shape index (κ3) is 3.18. The van der Waals surface area contributed by atoms with E-state index >= 15 is 0 Å². The molecular formula is C11H15NO2. The van der Waals surface area contributed by atoms with Crippen LogP contribution < -0.4 is 0 Å². The van der Waals surface area contributed by atoms with Gasteiger partial charge in [-0.1, -0.05) is 19.1 Å². The molecule has 76 valence electrons. The molecule has 0 heterocycles. The van der Waals surface area contributed by atoms with Gasteiger partial charge in [-0.05, 0) is 24.1 Å². The Balaban J connectivity index is 2.67. The van der Waals surface area contributed by atoms with Gasteiger partial charge in [0, 0.05) is 6.21 Å². The van der Waals surface area contributed by atoms with Crippen molar-refractivity contribution in [2.75, 3.05) is 6.61 Å². The zero-order valence-electron chi connectivity index (χ0n) is 8.22. The van der Waals surface area contributed by atoms with Crippen LogP contribution in [-0.2, 0) is 0 Å². The van der Waals surface area contributed by atoms with Gasteiger partial charge in [0.25, 0.3) is 0 Å². The van der Waals surface area contributed by atoms with Gasteiger partial charge in [0.2, 0.25) is 0 Å². The molecule has 3 heteroatoms. The van der Waals surface area contributed by atoms with Crippen LogP contribution in [0.5, 0.6) is 5.75 Å². The fraction of sp³-hybridized carbons (Fsp3) is 0.364. The van der Waals surface area contributed by atoms with Crippen LogP contribution in [0.15, 0.2) is 29.3 Å². The van der Waals surface area contributed by atoms with Crippen LogP contribution in [0.1, 0.15) is 18.9 Å². The summed E-state index contributed by atoms with van der Waals surface area (Å²) in [7, 11) is 0. The highest BCUT2D eigenvalue weighted by molar-refractivity contribution is 5.80. The van der Waals surface area contributed by atoms with Crippen molar-refractivity contribution in [3.05, 3.63) is 29.8 Å². The average molecular weight is 193 g/mol. The Bertz CT molecular complexity index is 306. The van der Waals surface area contributed by atoms with Gasteiger partial charge in [0.1, 0.15) is 5.75 Å². The van der Waals surface area contributed by atoms with Gasteiger partial charge in [-0.3, -0.25) is 4.99 Å². The maximum atomic E-state index is 9.18. The number of hydrogen-bond acceptors (Lipinski definition) is 3. The van der Waals surface area contributed by atoms with E-state index in [2.05, 4.69) is 4.99 Å². The second kappa shape index (κ2) is 5.40. The van der Waals surface area contributed by atoms with Crippen molar-refractivity contribution in [2.24, 2.45) is 4.99 Å².